The number of ether oxygens (including phenoxy) is 2. The molecule has 0 radical (unpaired) electrons. The molecule has 0 amide bonds. The fourth-order valence-corrected chi connectivity index (χ4v) is 11.1. The summed E-state index contributed by atoms with van der Waals surface area (Å²) in [5.74, 6) is 4.54. The van der Waals surface area contributed by atoms with Gasteiger partial charge in [-0.05, 0) is 73.5 Å². The normalized spacial score (nSPS) is 48.0. The van der Waals surface area contributed by atoms with E-state index in [2.05, 4.69) is 43.4 Å². The maximum absolute atomic E-state index is 12.4. The lowest BCUT2D eigenvalue weighted by Crippen LogP contribution is -2.55. The van der Waals surface area contributed by atoms with E-state index in [1.165, 1.54) is 49.9 Å². The minimum absolute atomic E-state index is 0.191. The Morgan fingerprint density at radius 1 is 1.10 bits per heavy atom. The first-order chi connectivity index (χ1) is 14.0. The molecule has 1 saturated heterocycles. The largest absolute Gasteiger partial charge is 0.359 e. The number of carbonyl (C=O) groups excluding carboxylic acids is 1. The molecule has 0 N–H and O–H groups in total. The fourth-order valence-electron chi connectivity index (χ4n) is 7.95. The lowest BCUT2D eigenvalue weighted by Gasteiger charge is -2.60. The average molecular weight is 437 g/mol. The van der Waals surface area contributed by atoms with Gasteiger partial charge in [0.15, 0.2) is 0 Å². The van der Waals surface area contributed by atoms with E-state index in [1.807, 2.05) is 0 Å². The topological polar surface area (TPSA) is 35.5 Å². The van der Waals surface area contributed by atoms with Gasteiger partial charge in [-0.3, -0.25) is 0 Å². The maximum atomic E-state index is 12.4. The summed E-state index contributed by atoms with van der Waals surface area (Å²) in [6.07, 6.45) is 12.7. The van der Waals surface area contributed by atoms with Gasteiger partial charge >= 0.3 is 0 Å². The van der Waals surface area contributed by atoms with E-state index in [4.69, 9.17) is 9.47 Å². The first-order valence-electron chi connectivity index (χ1n) is 11.5. The molecule has 0 aromatic carbocycles. The van der Waals surface area contributed by atoms with Gasteiger partial charge in [-0.2, -0.15) is 0 Å². The van der Waals surface area contributed by atoms with Crippen LogP contribution >= 0.6 is 23.5 Å². The number of carbonyl (C=O) groups is 1. The molecule has 4 fully saturated rings. The van der Waals surface area contributed by atoms with Crippen molar-refractivity contribution in [2.45, 2.75) is 69.0 Å². The van der Waals surface area contributed by atoms with Crippen molar-refractivity contribution in [3.05, 3.63) is 11.6 Å². The predicted octanol–water partition coefficient (Wildman–Crippen LogP) is 5.54. The van der Waals surface area contributed by atoms with E-state index in [0.29, 0.717) is 34.0 Å². The second kappa shape index (κ2) is 7.56. The summed E-state index contributed by atoms with van der Waals surface area (Å²) < 4.78 is 11.7. The molecule has 5 aliphatic rings. The van der Waals surface area contributed by atoms with Gasteiger partial charge in [-0.15, -0.1) is 23.5 Å². The van der Waals surface area contributed by atoms with E-state index >= 15 is 0 Å². The summed E-state index contributed by atoms with van der Waals surface area (Å²) in [5, 5.41) is 0. The van der Waals surface area contributed by atoms with Crippen LogP contribution in [0.3, 0.4) is 0 Å². The monoisotopic (exact) mass is 436 g/mol. The maximum Gasteiger partial charge on any atom is 0.146 e. The molecule has 1 spiro atoms. The average Bonchev–Trinajstić information content (AvgIpc) is 3.31. The zero-order valence-electron chi connectivity index (χ0n) is 18.2. The van der Waals surface area contributed by atoms with Gasteiger partial charge in [0.2, 0.25) is 0 Å². The van der Waals surface area contributed by atoms with E-state index in [-0.39, 0.29) is 17.4 Å². The minimum atomic E-state index is 0.191. The Bertz CT molecular complexity index is 688. The van der Waals surface area contributed by atoms with Crippen LogP contribution in [0.4, 0.5) is 0 Å². The third-order valence-corrected chi connectivity index (χ3v) is 12.9. The fraction of sp³-hybridized carbons (Fsp3) is 0.875. The minimum Gasteiger partial charge on any atom is -0.359 e. The molecule has 29 heavy (non-hydrogen) atoms. The summed E-state index contributed by atoms with van der Waals surface area (Å²) in [6, 6.07) is 0. The first kappa shape index (κ1) is 20.9. The third-order valence-electron chi connectivity index (χ3n) is 9.47. The molecule has 5 heteroatoms. The molecule has 4 aliphatic carbocycles. The Morgan fingerprint density at radius 2 is 1.90 bits per heavy atom. The van der Waals surface area contributed by atoms with Crippen LogP contribution in [0.25, 0.3) is 0 Å². The van der Waals surface area contributed by atoms with E-state index in [9.17, 15) is 4.79 Å². The van der Waals surface area contributed by atoms with Gasteiger partial charge in [0, 0.05) is 24.5 Å². The van der Waals surface area contributed by atoms with Crippen molar-refractivity contribution in [1.29, 1.82) is 0 Å². The van der Waals surface area contributed by atoms with Crippen molar-refractivity contribution in [3.8, 4) is 0 Å². The molecule has 7 atom stereocenters. The molecule has 0 aromatic heterocycles. The molecular weight excluding hydrogens is 400 g/mol. The van der Waals surface area contributed by atoms with Gasteiger partial charge in [-0.25, -0.2) is 0 Å². The van der Waals surface area contributed by atoms with Gasteiger partial charge < -0.3 is 14.3 Å². The summed E-state index contributed by atoms with van der Waals surface area (Å²) in [4.78, 5) is 12.4. The van der Waals surface area contributed by atoms with Crippen LogP contribution in [-0.4, -0.2) is 41.9 Å². The number of hydrogen-bond acceptors (Lipinski definition) is 5. The predicted molar refractivity (Wildman–Crippen MR) is 121 cm³/mol. The van der Waals surface area contributed by atoms with Crippen LogP contribution in [-0.2, 0) is 14.3 Å². The Balaban J connectivity index is 1.47. The molecule has 0 bridgehead atoms. The molecule has 162 valence electrons. The molecular formula is C24H36O3S2. The highest BCUT2D eigenvalue weighted by molar-refractivity contribution is 8.21. The molecule has 3 saturated carbocycles. The zero-order chi connectivity index (χ0) is 20.3. The third kappa shape index (κ3) is 3.12. The SMILES string of the molecule is COCO[C@H]1CC[C@H]2[C@@H]3[C@H](C=O)CC4=CC5(CC[C@]4(C)[C@H]3CC[C@]12C)SCCS5. The molecule has 3 nitrogen and oxygen atoms in total. The number of methoxy groups -OCH3 is 1. The van der Waals surface area contributed by atoms with E-state index < -0.39 is 0 Å². The number of aldehydes is 1. The van der Waals surface area contributed by atoms with Gasteiger partial charge in [0.05, 0.1) is 10.2 Å². The van der Waals surface area contributed by atoms with Crippen LogP contribution in [0.15, 0.2) is 11.6 Å². The van der Waals surface area contributed by atoms with Crippen molar-refractivity contribution in [3.63, 3.8) is 0 Å². The molecule has 0 unspecified atom stereocenters. The number of rotatable bonds is 4. The Hall–Kier alpha value is 0.0300. The van der Waals surface area contributed by atoms with Crippen molar-refractivity contribution in [2.75, 3.05) is 25.4 Å². The van der Waals surface area contributed by atoms with E-state index in [0.717, 1.165) is 12.8 Å². The highest BCUT2D eigenvalue weighted by atomic mass is 32.2. The summed E-state index contributed by atoms with van der Waals surface area (Å²) in [7, 11) is 1.71. The number of thioether (sulfide) groups is 2. The zero-order valence-corrected chi connectivity index (χ0v) is 19.8. The van der Waals surface area contributed by atoms with E-state index in [1.54, 1.807) is 12.7 Å². The van der Waals surface area contributed by atoms with Crippen LogP contribution in [0.5, 0.6) is 0 Å². The highest BCUT2D eigenvalue weighted by Crippen LogP contribution is 2.68. The standard InChI is InChI=1S/C24H36O3S2/c1-22-8-9-24(28-10-11-29-24)13-17(22)12-16(14-25)21-18-4-5-20(27-15-26-3)23(18,2)7-6-19(21)22/h13-14,16,18-21H,4-12,15H2,1-3H3/t16-,18-,19-,20-,21-,22-,23-/m0/s1. The van der Waals surface area contributed by atoms with Crippen LogP contribution in [0.1, 0.15) is 58.8 Å². The van der Waals surface area contributed by atoms with Crippen molar-refractivity contribution in [2.24, 2.45) is 34.5 Å². The highest BCUT2D eigenvalue weighted by Gasteiger charge is 2.62. The van der Waals surface area contributed by atoms with Crippen LogP contribution in [0, 0.1) is 34.5 Å². The lowest BCUT2D eigenvalue weighted by molar-refractivity contribution is -0.148. The van der Waals surface area contributed by atoms with Gasteiger partial charge in [-0.1, -0.05) is 25.5 Å². The Morgan fingerprint density at radius 3 is 2.62 bits per heavy atom. The first-order valence-corrected chi connectivity index (χ1v) is 13.5. The molecule has 1 heterocycles. The number of allylic oxidation sites excluding steroid dienone is 1. The van der Waals surface area contributed by atoms with Gasteiger partial charge in [0.25, 0.3) is 0 Å². The summed E-state index contributed by atoms with van der Waals surface area (Å²) in [6.45, 7) is 5.38. The number of hydrogen-bond donors (Lipinski definition) is 0. The van der Waals surface area contributed by atoms with Crippen molar-refractivity contribution >= 4 is 29.8 Å². The van der Waals surface area contributed by atoms with Crippen molar-refractivity contribution in [1.82, 2.24) is 0 Å². The van der Waals surface area contributed by atoms with Crippen LogP contribution < -0.4 is 0 Å². The lowest BCUT2D eigenvalue weighted by atomic mass is 9.45. The second-order valence-electron chi connectivity index (χ2n) is 10.6. The quantitative estimate of drug-likeness (QED) is 0.328. The Labute approximate surface area is 184 Å². The molecule has 5 rings (SSSR count). The van der Waals surface area contributed by atoms with Gasteiger partial charge in [0.1, 0.15) is 13.1 Å². The van der Waals surface area contributed by atoms with Crippen molar-refractivity contribution < 1.29 is 14.3 Å². The molecule has 0 aromatic rings. The summed E-state index contributed by atoms with van der Waals surface area (Å²) >= 11 is 4.30. The second-order valence-corrected chi connectivity index (χ2v) is 13.7. The molecule has 1 aliphatic heterocycles. The Kier molecular flexibility index (Phi) is 5.45. The number of fused-ring (bicyclic) bond motifs is 5. The summed E-state index contributed by atoms with van der Waals surface area (Å²) in [5.41, 5.74) is 2.12. The van der Waals surface area contributed by atoms with Crippen LogP contribution in [0.2, 0.25) is 0 Å². The smallest absolute Gasteiger partial charge is 0.146 e.